The van der Waals surface area contributed by atoms with E-state index in [1.54, 1.807) is 0 Å². The first-order valence-corrected chi connectivity index (χ1v) is 7.91. The minimum absolute atomic E-state index is 0.310. The molecule has 0 aromatic carbocycles. The predicted octanol–water partition coefficient (Wildman–Crippen LogP) is 3.67. The number of nitrogens with one attached hydrogen (secondary N) is 1. The molecule has 18 heavy (non-hydrogen) atoms. The van der Waals surface area contributed by atoms with Crippen LogP contribution in [0.5, 0.6) is 0 Å². The van der Waals surface area contributed by atoms with Gasteiger partial charge in [0, 0.05) is 24.2 Å². The molecule has 0 aliphatic carbocycles. The van der Waals surface area contributed by atoms with Gasteiger partial charge < -0.3 is 5.32 Å². The molecule has 1 heterocycles. The minimum Gasteiger partial charge on any atom is -0.308 e. The molecule has 2 heteroatoms. The van der Waals surface area contributed by atoms with Gasteiger partial charge in [0.25, 0.3) is 0 Å². The second-order valence-electron chi connectivity index (χ2n) is 6.80. The highest BCUT2D eigenvalue weighted by Gasteiger charge is 2.42. The topological polar surface area (TPSA) is 15.3 Å². The van der Waals surface area contributed by atoms with Crippen molar-refractivity contribution >= 4 is 0 Å². The van der Waals surface area contributed by atoms with Gasteiger partial charge in [-0.25, -0.2) is 0 Å². The molecule has 0 aromatic rings. The molecule has 1 fully saturated rings. The zero-order valence-electron chi connectivity index (χ0n) is 13.5. The normalized spacial score (nSPS) is 28.8. The summed E-state index contributed by atoms with van der Waals surface area (Å²) >= 11 is 0. The maximum absolute atomic E-state index is 3.81. The second kappa shape index (κ2) is 6.38. The van der Waals surface area contributed by atoms with E-state index in [2.05, 4.69) is 51.8 Å². The van der Waals surface area contributed by atoms with Crippen LogP contribution in [-0.4, -0.2) is 35.6 Å². The van der Waals surface area contributed by atoms with Crippen molar-refractivity contribution in [3.05, 3.63) is 0 Å². The largest absolute Gasteiger partial charge is 0.308 e. The summed E-state index contributed by atoms with van der Waals surface area (Å²) in [6.07, 6.45) is 5.05. The Morgan fingerprint density at radius 3 is 2.17 bits per heavy atom. The van der Waals surface area contributed by atoms with Gasteiger partial charge in [-0.15, -0.1) is 0 Å². The van der Waals surface area contributed by atoms with Gasteiger partial charge in [-0.05, 0) is 45.1 Å². The van der Waals surface area contributed by atoms with E-state index in [0.717, 1.165) is 12.5 Å². The van der Waals surface area contributed by atoms with Crippen molar-refractivity contribution in [2.75, 3.05) is 19.6 Å². The van der Waals surface area contributed by atoms with Crippen LogP contribution < -0.4 is 5.32 Å². The summed E-state index contributed by atoms with van der Waals surface area (Å²) in [4.78, 5) is 2.78. The molecule has 108 valence electrons. The monoisotopic (exact) mass is 254 g/mol. The highest BCUT2D eigenvalue weighted by molar-refractivity contribution is 5.02. The van der Waals surface area contributed by atoms with E-state index in [1.807, 2.05) is 0 Å². The van der Waals surface area contributed by atoms with Gasteiger partial charge in [-0.2, -0.15) is 0 Å². The molecule has 0 amide bonds. The highest BCUT2D eigenvalue weighted by atomic mass is 15.3. The van der Waals surface area contributed by atoms with Crippen molar-refractivity contribution in [1.29, 1.82) is 0 Å². The van der Waals surface area contributed by atoms with E-state index in [0.29, 0.717) is 11.1 Å². The van der Waals surface area contributed by atoms with Crippen LogP contribution in [0.25, 0.3) is 0 Å². The van der Waals surface area contributed by atoms with Crippen molar-refractivity contribution in [1.82, 2.24) is 10.2 Å². The lowest BCUT2D eigenvalue weighted by Crippen LogP contribution is -2.68. The van der Waals surface area contributed by atoms with Crippen LogP contribution in [0, 0.1) is 5.92 Å². The lowest BCUT2D eigenvalue weighted by atomic mass is 9.82. The molecule has 1 saturated heterocycles. The number of piperazine rings is 1. The Morgan fingerprint density at radius 1 is 1.11 bits per heavy atom. The molecule has 0 radical (unpaired) electrons. The van der Waals surface area contributed by atoms with Gasteiger partial charge in [-0.3, -0.25) is 4.90 Å². The molecule has 0 aromatic heterocycles. The lowest BCUT2D eigenvalue weighted by Gasteiger charge is -2.53. The summed E-state index contributed by atoms with van der Waals surface area (Å²) in [7, 11) is 0. The summed E-state index contributed by atoms with van der Waals surface area (Å²) in [5.41, 5.74) is 0.703. The van der Waals surface area contributed by atoms with Crippen LogP contribution in [-0.2, 0) is 0 Å². The average molecular weight is 254 g/mol. The Balaban J connectivity index is 2.79. The van der Waals surface area contributed by atoms with Crippen LogP contribution >= 0.6 is 0 Å². The van der Waals surface area contributed by atoms with Gasteiger partial charge in [-0.1, -0.05) is 34.6 Å². The fraction of sp³-hybridized carbons (Fsp3) is 1.00. The van der Waals surface area contributed by atoms with Crippen molar-refractivity contribution in [3.63, 3.8) is 0 Å². The molecule has 1 unspecified atom stereocenters. The zero-order chi connectivity index (χ0) is 13.8. The van der Waals surface area contributed by atoms with Crippen LogP contribution in [0.15, 0.2) is 0 Å². The number of nitrogens with zero attached hydrogens (tertiary/aromatic N) is 1. The predicted molar refractivity (Wildman–Crippen MR) is 81.0 cm³/mol. The molecule has 1 aliphatic rings. The van der Waals surface area contributed by atoms with Crippen LogP contribution in [0.2, 0.25) is 0 Å². The molecular formula is C16H34N2. The Kier molecular flexibility index (Phi) is 5.67. The van der Waals surface area contributed by atoms with Gasteiger partial charge in [0.2, 0.25) is 0 Å². The molecular weight excluding hydrogens is 220 g/mol. The first kappa shape index (κ1) is 16.0. The quantitative estimate of drug-likeness (QED) is 0.778. The third kappa shape index (κ3) is 3.48. The third-order valence-electron chi connectivity index (χ3n) is 5.13. The molecule has 1 rings (SSSR count). The van der Waals surface area contributed by atoms with Gasteiger partial charge >= 0.3 is 0 Å². The maximum atomic E-state index is 3.81. The van der Waals surface area contributed by atoms with Gasteiger partial charge in [0.05, 0.1) is 0 Å². The Hall–Kier alpha value is -0.0800. The molecule has 1 aliphatic heterocycles. The molecule has 0 spiro atoms. The number of hydrogen-bond donors (Lipinski definition) is 1. The van der Waals surface area contributed by atoms with Crippen LogP contribution in [0.4, 0.5) is 0 Å². The second-order valence-corrected chi connectivity index (χ2v) is 6.80. The van der Waals surface area contributed by atoms with Crippen molar-refractivity contribution in [3.8, 4) is 0 Å². The first-order valence-electron chi connectivity index (χ1n) is 7.91. The Morgan fingerprint density at radius 2 is 1.72 bits per heavy atom. The lowest BCUT2D eigenvalue weighted by molar-refractivity contribution is -0.000416. The smallest absolute Gasteiger partial charge is 0.0329 e. The molecule has 0 saturated carbocycles. The van der Waals surface area contributed by atoms with Crippen molar-refractivity contribution in [2.24, 2.45) is 5.92 Å². The molecule has 1 atom stereocenters. The fourth-order valence-corrected chi connectivity index (χ4v) is 3.05. The fourth-order valence-electron chi connectivity index (χ4n) is 3.05. The van der Waals surface area contributed by atoms with E-state index in [9.17, 15) is 0 Å². The summed E-state index contributed by atoms with van der Waals surface area (Å²) < 4.78 is 0. The van der Waals surface area contributed by atoms with Gasteiger partial charge in [0.1, 0.15) is 0 Å². The van der Waals surface area contributed by atoms with Crippen molar-refractivity contribution in [2.45, 2.75) is 78.3 Å². The van der Waals surface area contributed by atoms with Crippen LogP contribution in [0.1, 0.15) is 67.2 Å². The maximum Gasteiger partial charge on any atom is 0.0329 e. The average Bonchev–Trinajstić information content (AvgIpc) is 2.37. The Labute approximate surface area is 115 Å². The van der Waals surface area contributed by atoms with Crippen LogP contribution in [0.3, 0.4) is 0 Å². The summed E-state index contributed by atoms with van der Waals surface area (Å²) in [5, 5.41) is 3.81. The summed E-state index contributed by atoms with van der Waals surface area (Å²) in [5.74, 6) is 0.805. The van der Waals surface area contributed by atoms with Crippen molar-refractivity contribution < 1.29 is 0 Å². The minimum atomic E-state index is 0.310. The zero-order valence-corrected chi connectivity index (χ0v) is 13.5. The standard InChI is InChI=1S/C16H34N2/c1-7-15(6)13-18(11-10-14(4)5)16(8-2,9-3)12-17-15/h14,17H,7-13H2,1-6H3. The van der Waals surface area contributed by atoms with E-state index < -0.39 is 0 Å². The first-order chi connectivity index (χ1) is 8.41. The molecule has 1 N–H and O–H groups in total. The summed E-state index contributed by atoms with van der Waals surface area (Å²) in [6.45, 7) is 17.7. The van der Waals surface area contributed by atoms with Gasteiger partial charge in [0.15, 0.2) is 0 Å². The highest BCUT2D eigenvalue weighted by Crippen LogP contribution is 2.31. The Bertz CT molecular complexity index is 245. The number of hydrogen-bond acceptors (Lipinski definition) is 2. The van der Waals surface area contributed by atoms with E-state index in [1.165, 1.54) is 38.8 Å². The SMILES string of the molecule is CCC1(C)CN(CCC(C)C)C(CC)(CC)CN1. The number of rotatable bonds is 6. The summed E-state index contributed by atoms with van der Waals surface area (Å²) in [6, 6.07) is 0. The molecule has 2 nitrogen and oxygen atoms in total. The van der Waals surface area contributed by atoms with E-state index in [-0.39, 0.29) is 0 Å². The van der Waals surface area contributed by atoms with E-state index >= 15 is 0 Å². The van der Waals surface area contributed by atoms with E-state index in [4.69, 9.17) is 0 Å². The molecule has 0 bridgehead atoms. The third-order valence-corrected chi connectivity index (χ3v) is 5.13.